The highest BCUT2D eigenvalue weighted by atomic mass is 16.8. The number of hydrogen-bond acceptors (Lipinski definition) is 17. The quantitative estimate of drug-likeness (QED) is 0.112. The van der Waals surface area contributed by atoms with Crippen LogP contribution in [0.15, 0.2) is 11.6 Å². The number of hydrogen-bond donors (Lipinski definition) is 11. The minimum atomic E-state index is -2.03. The third-order valence-corrected chi connectivity index (χ3v) is 19.6. The van der Waals surface area contributed by atoms with Gasteiger partial charge in [0.1, 0.15) is 61.0 Å². The number of aliphatic hydroxyl groups excluding tert-OH is 10. The van der Waals surface area contributed by atoms with E-state index in [0.29, 0.717) is 18.8 Å². The first-order valence-electron chi connectivity index (χ1n) is 24.3. The molecule has 3 aliphatic heterocycles. The molecule has 0 aromatic rings. The van der Waals surface area contributed by atoms with Crippen molar-refractivity contribution in [3.63, 3.8) is 0 Å². The van der Waals surface area contributed by atoms with Crippen molar-refractivity contribution in [2.75, 3.05) is 13.2 Å². The number of carbonyl (C=O) groups is 1. The Morgan fingerprint density at radius 1 is 0.667 bits per heavy atom. The van der Waals surface area contributed by atoms with E-state index in [-0.39, 0.29) is 45.5 Å². The number of carboxylic acids is 1. The summed E-state index contributed by atoms with van der Waals surface area (Å²) in [7, 11) is 0. The number of fused-ring (bicyclic) bond motifs is 7. The number of rotatable bonds is 9. The van der Waals surface area contributed by atoms with Gasteiger partial charge in [-0.2, -0.15) is 0 Å². The molecule has 18 heteroatoms. The molecule has 66 heavy (non-hydrogen) atoms. The van der Waals surface area contributed by atoms with Crippen LogP contribution in [-0.4, -0.2) is 180 Å². The van der Waals surface area contributed by atoms with E-state index in [1.807, 2.05) is 0 Å². The Morgan fingerprint density at radius 3 is 1.94 bits per heavy atom. The Morgan fingerprint density at radius 2 is 1.30 bits per heavy atom. The molecule has 25 atom stereocenters. The summed E-state index contributed by atoms with van der Waals surface area (Å²) in [6, 6.07) is 0. The van der Waals surface area contributed by atoms with Gasteiger partial charge >= 0.3 is 5.97 Å². The van der Waals surface area contributed by atoms with E-state index < -0.39 is 122 Å². The normalized spacial score (nSPS) is 55.9. The van der Waals surface area contributed by atoms with Crippen molar-refractivity contribution in [2.45, 2.75) is 218 Å². The van der Waals surface area contributed by atoms with E-state index in [4.69, 9.17) is 28.4 Å². The number of aliphatic hydroxyl groups is 10. The van der Waals surface area contributed by atoms with E-state index in [1.54, 1.807) is 0 Å². The predicted molar refractivity (Wildman–Crippen MR) is 231 cm³/mol. The molecule has 0 spiro atoms. The van der Waals surface area contributed by atoms with Gasteiger partial charge in [-0.05, 0) is 110 Å². The molecule has 0 amide bonds. The summed E-state index contributed by atoms with van der Waals surface area (Å²) in [4.78, 5) is 12.5. The number of aliphatic carboxylic acids is 1. The second-order valence-corrected chi connectivity index (χ2v) is 23.6. The molecule has 0 bridgehead atoms. The van der Waals surface area contributed by atoms with Gasteiger partial charge in [0, 0.05) is 12.0 Å². The van der Waals surface area contributed by atoms with Crippen LogP contribution in [0.4, 0.5) is 0 Å². The van der Waals surface area contributed by atoms with Crippen molar-refractivity contribution in [3.05, 3.63) is 11.6 Å². The fraction of sp³-hybridized carbons (Fsp3) is 0.938. The molecular formula is C48H78O18. The zero-order valence-corrected chi connectivity index (χ0v) is 39.7. The van der Waals surface area contributed by atoms with Crippen LogP contribution in [0.2, 0.25) is 0 Å². The maximum Gasteiger partial charge on any atom is 0.335 e. The highest BCUT2D eigenvalue weighted by molar-refractivity contribution is 5.73. The van der Waals surface area contributed by atoms with Gasteiger partial charge in [-0.25, -0.2) is 4.79 Å². The minimum absolute atomic E-state index is 0.0348. The lowest BCUT2D eigenvalue weighted by molar-refractivity contribution is -0.395. The van der Waals surface area contributed by atoms with Crippen molar-refractivity contribution >= 4 is 5.97 Å². The minimum Gasteiger partial charge on any atom is -0.479 e. The summed E-state index contributed by atoms with van der Waals surface area (Å²) in [6.07, 6.45) is -17.1. The summed E-state index contributed by atoms with van der Waals surface area (Å²) in [6.45, 7) is 16.6. The maximum absolute atomic E-state index is 12.5. The highest BCUT2D eigenvalue weighted by Crippen LogP contribution is 2.76. The van der Waals surface area contributed by atoms with Crippen molar-refractivity contribution in [2.24, 2.45) is 50.2 Å². The fourth-order valence-electron chi connectivity index (χ4n) is 15.1. The Hall–Kier alpha value is -1.43. The molecule has 0 aromatic carbocycles. The molecule has 8 aliphatic rings. The second kappa shape index (κ2) is 17.7. The molecule has 3 saturated heterocycles. The van der Waals surface area contributed by atoms with Crippen molar-refractivity contribution in [1.29, 1.82) is 0 Å². The monoisotopic (exact) mass is 943 g/mol. The Balaban J connectivity index is 1.06. The van der Waals surface area contributed by atoms with Gasteiger partial charge < -0.3 is 84.6 Å². The number of carboxylic acid groups (broad SMARTS) is 1. The van der Waals surface area contributed by atoms with Gasteiger partial charge in [-0.15, -0.1) is 0 Å². The van der Waals surface area contributed by atoms with Gasteiger partial charge in [0.15, 0.2) is 25.0 Å². The average molecular weight is 943 g/mol. The highest BCUT2D eigenvalue weighted by Gasteiger charge is 2.69. The van der Waals surface area contributed by atoms with Crippen LogP contribution in [-0.2, 0) is 33.2 Å². The summed E-state index contributed by atoms with van der Waals surface area (Å²) in [5, 5.41) is 119. The van der Waals surface area contributed by atoms with Gasteiger partial charge in [0.2, 0.25) is 0 Å². The van der Waals surface area contributed by atoms with Crippen molar-refractivity contribution < 1.29 is 89.4 Å². The molecular weight excluding hydrogens is 865 g/mol. The molecule has 5 aliphatic carbocycles. The van der Waals surface area contributed by atoms with E-state index in [1.165, 1.54) is 12.5 Å². The van der Waals surface area contributed by atoms with Gasteiger partial charge in [-0.1, -0.05) is 60.1 Å². The zero-order valence-electron chi connectivity index (χ0n) is 39.7. The standard InChI is InChI=1S/C48H78O18/c1-21-29(52)31(54)35(58)40(61-21)65-37-32(55)30(53)24(19-49)62-41(37)66-38-34(57)33(56)36(39(59)60)64-42(38)63-28-12-13-46(6)25(43(28,2)3)11-14-48(8)26(46)10-9-22-23-17-44(4,20-50)18-27(51)45(23,5)15-16-47(22,48)7/h9,21,23-38,40-42,49-58H,10-20H2,1-8H3,(H,59,60). The third kappa shape index (κ3) is 7.78. The molecule has 0 radical (unpaired) electrons. The van der Waals surface area contributed by atoms with Crippen LogP contribution in [0.5, 0.6) is 0 Å². The molecule has 18 nitrogen and oxygen atoms in total. The van der Waals surface area contributed by atoms with E-state index in [2.05, 4.69) is 54.5 Å². The largest absolute Gasteiger partial charge is 0.479 e. The van der Waals surface area contributed by atoms with Crippen LogP contribution in [0, 0.1) is 50.2 Å². The average Bonchev–Trinajstić information content (AvgIpc) is 3.25. The Bertz CT molecular complexity index is 1820. The Labute approximate surface area is 387 Å². The molecule has 8 rings (SSSR count). The summed E-state index contributed by atoms with van der Waals surface area (Å²) in [5.41, 5.74) is -0.0694. The molecule has 11 N–H and O–H groups in total. The summed E-state index contributed by atoms with van der Waals surface area (Å²) in [5.74, 6) is -0.975. The predicted octanol–water partition coefficient (Wildman–Crippen LogP) is 0.705. The first kappa shape index (κ1) is 50.9. The fourth-order valence-corrected chi connectivity index (χ4v) is 15.1. The first-order chi connectivity index (χ1) is 30.7. The Kier molecular flexibility index (Phi) is 13.7. The summed E-state index contributed by atoms with van der Waals surface area (Å²) < 4.78 is 36.3. The van der Waals surface area contributed by atoms with Crippen molar-refractivity contribution in [1.82, 2.24) is 0 Å². The number of ether oxygens (including phenoxy) is 6. The van der Waals surface area contributed by atoms with Gasteiger partial charge in [-0.3, -0.25) is 0 Å². The van der Waals surface area contributed by atoms with Gasteiger partial charge in [0.05, 0.1) is 24.9 Å². The van der Waals surface area contributed by atoms with E-state index >= 15 is 0 Å². The van der Waals surface area contributed by atoms with Crippen LogP contribution in [0.25, 0.3) is 0 Å². The SMILES string of the molecule is CC1OC(OC2C(OC3C(OC4CCC5(C)C(CCC6(C)C5CC=C5C7CC(C)(CO)CC(O)C7(C)CCC56C)C4(C)C)OC(C(=O)O)C(O)C3O)OC(CO)C(O)C2O)C(O)C(O)C1O. The van der Waals surface area contributed by atoms with Crippen LogP contribution >= 0.6 is 0 Å². The lowest BCUT2D eigenvalue weighted by Crippen LogP contribution is -2.68. The molecule has 0 aromatic heterocycles. The molecule has 3 heterocycles. The second-order valence-electron chi connectivity index (χ2n) is 23.6. The first-order valence-corrected chi connectivity index (χ1v) is 24.3. The third-order valence-electron chi connectivity index (χ3n) is 19.6. The topological polar surface area (TPSA) is 295 Å². The van der Waals surface area contributed by atoms with Crippen LogP contribution in [0.1, 0.15) is 113 Å². The van der Waals surface area contributed by atoms with E-state index in [9.17, 15) is 61.0 Å². The molecule has 7 fully saturated rings. The maximum atomic E-state index is 12.5. The number of allylic oxidation sites excluding steroid dienone is 2. The smallest absolute Gasteiger partial charge is 0.335 e. The lowest BCUT2D eigenvalue weighted by Gasteiger charge is -2.71. The van der Waals surface area contributed by atoms with Gasteiger partial charge in [0.25, 0.3) is 0 Å². The molecule has 25 unspecified atom stereocenters. The van der Waals surface area contributed by atoms with Crippen LogP contribution in [0.3, 0.4) is 0 Å². The van der Waals surface area contributed by atoms with Crippen LogP contribution < -0.4 is 0 Å². The van der Waals surface area contributed by atoms with E-state index in [0.717, 1.165) is 44.9 Å². The molecule has 378 valence electrons. The lowest BCUT2D eigenvalue weighted by atomic mass is 9.33. The zero-order chi connectivity index (χ0) is 48.4. The summed E-state index contributed by atoms with van der Waals surface area (Å²) >= 11 is 0. The van der Waals surface area contributed by atoms with Crippen molar-refractivity contribution in [3.8, 4) is 0 Å². The molecule has 4 saturated carbocycles.